The molecule has 124 valence electrons. The average Bonchev–Trinajstić information content (AvgIpc) is 2.82. The summed E-state index contributed by atoms with van der Waals surface area (Å²) in [5, 5.41) is 7.16. The van der Waals surface area contributed by atoms with Crippen LogP contribution in [0, 0.1) is 6.92 Å². The highest BCUT2D eigenvalue weighted by Gasteiger charge is 2.33. The van der Waals surface area contributed by atoms with E-state index in [-0.39, 0.29) is 5.41 Å². The standard InChI is InChI=1S/C16H24N6O/c1-10-17-14(21-20-10)11-7-22(8-11)13-6-12(9-23-5)18-15(19-13)16(2,3)4/h6,11H,7-9H2,1-5H3,(H,17,20,21). The normalized spacial score (nSPS) is 15.8. The van der Waals surface area contributed by atoms with Gasteiger partial charge in [-0.3, -0.25) is 5.10 Å². The minimum Gasteiger partial charge on any atom is -0.378 e. The molecule has 1 aliphatic heterocycles. The van der Waals surface area contributed by atoms with Crippen LogP contribution in [0.5, 0.6) is 0 Å². The summed E-state index contributed by atoms with van der Waals surface area (Å²) in [5.74, 6) is 3.91. The minimum absolute atomic E-state index is 0.0936. The molecule has 1 fully saturated rings. The van der Waals surface area contributed by atoms with Gasteiger partial charge in [-0.1, -0.05) is 20.8 Å². The summed E-state index contributed by atoms with van der Waals surface area (Å²) in [4.78, 5) is 16.0. The first-order valence-corrected chi connectivity index (χ1v) is 7.88. The van der Waals surface area contributed by atoms with E-state index in [4.69, 9.17) is 9.72 Å². The Bertz CT molecular complexity index is 684. The van der Waals surface area contributed by atoms with Crippen LogP contribution in [0.3, 0.4) is 0 Å². The molecule has 3 heterocycles. The Labute approximate surface area is 136 Å². The van der Waals surface area contributed by atoms with E-state index in [2.05, 4.69) is 45.8 Å². The van der Waals surface area contributed by atoms with Crippen molar-refractivity contribution < 1.29 is 4.74 Å². The lowest BCUT2D eigenvalue weighted by atomic mass is 9.95. The van der Waals surface area contributed by atoms with E-state index in [1.165, 1.54) is 0 Å². The Morgan fingerprint density at radius 2 is 2.00 bits per heavy atom. The van der Waals surface area contributed by atoms with Gasteiger partial charge in [-0.25, -0.2) is 15.0 Å². The van der Waals surface area contributed by atoms with Crippen molar-refractivity contribution in [3.8, 4) is 0 Å². The number of nitrogens with one attached hydrogen (secondary N) is 1. The average molecular weight is 316 g/mol. The van der Waals surface area contributed by atoms with Gasteiger partial charge in [0.15, 0.2) is 5.82 Å². The first kappa shape index (κ1) is 15.9. The maximum Gasteiger partial charge on any atom is 0.157 e. The molecular weight excluding hydrogens is 292 g/mol. The zero-order chi connectivity index (χ0) is 16.6. The van der Waals surface area contributed by atoms with Crippen LogP contribution in [0.4, 0.5) is 5.82 Å². The highest BCUT2D eigenvalue weighted by Crippen LogP contribution is 2.30. The molecule has 0 unspecified atom stereocenters. The molecule has 0 aromatic carbocycles. The van der Waals surface area contributed by atoms with Crippen LogP contribution in [-0.4, -0.2) is 45.3 Å². The van der Waals surface area contributed by atoms with Gasteiger partial charge in [0.05, 0.1) is 18.2 Å². The molecule has 0 spiro atoms. The minimum atomic E-state index is -0.0936. The monoisotopic (exact) mass is 316 g/mol. The number of rotatable bonds is 4. The molecule has 7 nitrogen and oxygen atoms in total. The van der Waals surface area contributed by atoms with Crippen molar-refractivity contribution in [3.63, 3.8) is 0 Å². The van der Waals surface area contributed by atoms with Crippen LogP contribution >= 0.6 is 0 Å². The molecule has 1 N–H and O–H groups in total. The number of aryl methyl sites for hydroxylation is 1. The molecule has 23 heavy (non-hydrogen) atoms. The number of H-pyrrole nitrogens is 1. The number of hydrogen-bond donors (Lipinski definition) is 1. The van der Waals surface area contributed by atoms with Gasteiger partial charge >= 0.3 is 0 Å². The second-order valence-electron chi connectivity index (χ2n) is 7.11. The summed E-state index contributed by atoms with van der Waals surface area (Å²) in [6.07, 6.45) is 0. The Morgan fingerprint density at radius 1 is 1.26 bits per heavy atom. The van der Waals surface area contributed by atoms with E-state index in [9.17, 15) is 0 Å². The molecule has 3 rings (SSSR count). The lowest BCUT2D eigenvalue weighted by Crippen LogP contribution is -2.46. The van der Waals surface area contributed by atoms with E-state index in [0.29, 0.717) is 12.5 Å². The van der Waals surface area contributed by atoms with Crippen molar-refractivity contribution in [1.29, 1.82) is 0 Å². The van der Waals surface area contributed by atoms with Crippen LogP contribution < -0.4 is 4.90 Å². The highest BCUT2D eigenvalue weighted by atomic mass is 16.5. The molecule has 0 amide bonds. The van der Waals surface area contributed by atoms with Gasteiger partial charge in [-0.05, 0) is 6.92 Å². The molecule has 0 saturated carbocycles. The van der Waals surface area contributed by atoms with Crippen molar-refractivity contribution in [1.82, 2.24) is 25.1 Å². The van der Waals surface area contributed by atoms with Crippen molar-refractivity contribution >= 4 is 5.82 Å². The predicted molar refractivity (Wildman–Crippen MR) is 87.5 cm³/mol. The van der Waals surface area contributed by atoms with E-state index in [0.717, 1.165) is 42.1 Å². The highest BCUT2D eigenvalue weighted by molar-refractivity contribution is 5.45. The summed E-state index contributed by atoms with van der Waals surface area (Å²) in [6.45, 7) is 10.5. The zero-order valence-electron chi connectivity index (χ0n) is 14.4. The topological polar surface area (TPSA) is 79.8 Å². The Balaban J connectivity index is 1.79. The lowest BCUT2D eigenvalue weighted by molar-refractivity contribution is 0.181. The molecular formula is C16H24N6O. The molecule has 7 heteroatoms. The number of aromatic nitrogens is 5. The maximum atomic E-state index is 5.24. The summed E-state index contributed by atoms with van der Waals surface area (Å²) < 4.78 is 5.24. The molecule has 0 aliphatic carbocycles. The van der Waals surface area contributed by atoms with E-state index < -0.39 is 0 Å². The van der Waals surface area contributed by atoms with Gasteiger partial charge in [0, 0.05) is 31.7 Å². The summed E-state index contributed by atoms with van der Waals surface area (Å²) in [7, 11) is 1.68. The van der Waals surface area contributed by atoms with E-state index >= 15 is 0 Å². The van der Waals surface area contributed by atoms with Crippen molar-refractivity contribution in [2.75, 3.05) is 25.1 Å². The Kier molecular flexibility index (Phi) is 4.06. The maximum absolute atomic E-state index is 5.24. The molecule has 2 aromatic rings. The van der Waals surface area contributed by atoms with Gasteiger partial charge in [0.1, 0.15) is 17.5 Å². The molecule has 0 bridgehead atoms. The number of anilines is 1. The smallest absolute Gasteiger partial charge is 0.157 e. The first-order valence-electron chi connectivity index (χ1n) is 7.88. The van der Waals surface area contributed by atoms with Gasteiger partial charge in [0.2, 0.25) is 0 Å². The SMILES string of the molecule is COCc1cc(N2CC(c3n[nH]c(C)n3)C2)nc(C(C)(C)C)n1. The van der Waals surface area contributed by atoms with Crippen molar-refractivity contribution in [2.24, 2.45) is 0 Å². The molecule has 2 aromatic heterocycles. The number of ether oxygens (including phenoxy) is 1. The fourth-order valence-corrected chi connectivity index (χ4v) is 2.57. The third kappa shape index (κ3) is 3.34. The Morgan fingerprint density at radius 3 is 2.57 bits per heavy atom. The van der Waals surface area contributed by atoms with Crippen LogP contribution in [0.1, 0.15) is 49.9 Å². The fraction of sp³-hybridized carbons (Fsp3) is 0.625. The second-order valence-corrected chi connectivity index (χ2v) is 7.11. The van der Waals surface area contributed by atoms with Gasteiger partial charge in [0.25, 0.3) is 0 Å². The van der Waals surface area contributed by atoms with Crippen LogP contribution in [0.25, 0.3) is 0 Å². The summed E-state index contributed by atoms with van der Waals surface area (Å²) in [6, 6.07) is 2.01. The van der Waals surface area contributed by atoms with Crippen LogP contribution in [0.2, 0.25) is 0 Å². The Hall–Kier alpha value is -2.02. The van der Waals surface area contributed by atoms with Gasteiger partial charge < -0.3 is 9.64 Å². The first-order chi connectivity index (χ1) is 10.9. The molecule has 0 radical (unpaired) electrons. The number of aromatic amines is 1. The summed E-state index contributed by atoms with van der Waals surface area (Å²) >= 11 is 0. The van der Waals surface area contributed by atoms with Crippen LogP contribution in [0.15, 0.2) is 6.07 Å². The quantitative estimate of drug-likeness (QED) is 0.928. The molecule has 1 aliphatic rings. The van der Waals surface area contributed by atoms with E-state index in [1.807, 2.05) is 13.0 Å². The molecule has 1 saturated heterocycles. The van der Waals surface area contributed by atoms with Crippen molar-refractivity contribution in [2.45, 2.75) is 45.6 Å². The van der Waals surface area contributed by atoms with Crippen LogP contribution in [-0.2, 0) is 16.8 Å². The largest absolute Gasteiger partial charge is 0.378 e. The number of methoxy groups -OCH3 is 1. The van der Waals surface area contributed by atoms with Gasteiger partial charge in [-0.15, -0.1) is 0 Å². The fourth-order valence-electron chi connectivity index (χ4n) is 2.57. The second kappa shape index (κ2) is 5.88. The van der Waals surface area contributed by atoms with Gasteiger partial charge in [-0.2, -0.15) is 5.10 Å². The zero-order valence-corrected chi connectivity index (χ0v) is 14.4. The number of nitrogens with zero attached hydrogens (tertiary/aromatic N) is 5. The van der Waals surface area contributed by atoms with Crippen molar-refractivity contribution in [3.05, 3.63) is 29.2 Å². The summed E-state index contributed by atoms with van der Waals surface area (Å²) in [5.41, 5.74) is 0.823. The predicted octanol–water partition coefficient (Wildman–Crippen LogP) is 1.95. The third-order valence-electron chi connectivity index (χ3n) is 3.91. The third-order valence-corrected chi connectivity index (χ3v) is 3.91. The lowest BCUT2D eigenvalue weighted by Gasteiger charge is -2.39. The number of hydrogen-bond acceptors (Lipinski definition) is 6. The molecule has 0 atom stereocenters. The van der Waals surface area contributed by atoms with E-state index in [1.54, 1.807) is 7.11 Å².